The zero-order valence-electron chi connectivity index (χ0n) is 10.6. The predicted octanol–water partition coefficient (Wildman–Crippen LogP) is 2.57. The maximum atomic E-state index is 12.3. The summed E-state index contributed by atoms with van der Waals surface area (Å²) in [5.74, 6) is -0.119. The van der Waals surface area contributed by atoms with E-state index in [0.717, 1.165) is 5.56 Å². The Morgan fingerprint density at radius 2 is 2.18 bits per heavy atom. The molecule has 0 bridgehead atoms. The van der Waals surface area contributed by atoms with Crippen molar-refractivity contribution in [3.8, 4) is 6.07 Å². The van der Waals surface area contributed by atoms with Gasteiger partial charge in [-0.15, -0.1) is 0 Å². The van der Waals surface area contributed by atoms with Crippen LogP contribution in [0.4, 0.5) is 0 Å². The summed E-state index contributed by atoms with van der Waals surface area (Å²) in [7, 11) is 1.72. The number of hydrogen-bond donors (Lipinski definition) is 0. The minimum absolute atomic E-state index is 0.119. The lowest BCUT2D eigenvalue weighted by atomic mass is 9.82. The number of furan rings is 1. The summed E-state index contributed by atoms with van der Waals surface area (Å²) in [6.45, 7) is 4.21. The number of nitriles is 1. The third kappa shape index (κ3) is 2.68. The van der Waals surface area contributed by atoms with E-state index >= 15 is 0 Å². The standard InChI is InChI=1S/C13H18N2O2/c1-4-13(5-2,10-14)12(16)15(3)8-11-6-7-17-9-11/h6-7,9H,4-5,8H2,1-3H3. The number of carbonyl (C=O) groups excluding carboxylic acids is 1. The Hall–Kier alpha value is -1.76. The molecule has 92 valence electrons. The van der Waals surface area contributed by atoms with Crippen molar-refractivity contribution in [3.05, 3.63) is 24.2 Å². The van der Waals surface area contributed by atoms with E-state index in [9.17, 15) is 10.1 Å². The Kier molecular flexibility index (Phi) is 4.33. The Labute approximate surface area is 102 Å². The summed E-state index contributed by atoms with van der Waals surface area (Å²) in [5.41, 5.74) is 0.0401. The molecule has 1 aromatic heterocycles. The van der Waals surface area contributed by atoms with Gasteiger partial charge in [0.15, 0.2) is 0 Å². The molecule has 1 heterocycles. The van der Waals surface area contributed by atoms with Gasteiger partial charge < -0.3 is 9.32 Å². The molecule has 0 saturated heterocycles. The van der Waals surface area contributed by atoms with Gasteiger partial charge in [0.05, 0.1) is 18.6 Å². The maximum Gasteiger partial charge on any atom is 0.243 e. The second kappa shape index (κ2) is 5.53. The van der Waals surface area contributed by atoms with E-state index in [0.29, 0.717) is 19.4 Å². The number of nitrogens with zero attached hydrogens (tertiary/aromatic N) is 2. The van der Waals surface area contributed by atoms with Crippen LogP contribution in [0.5, 0.6) is 0 Å². The van der Waals surface area contributed by atoms with Crippen LogP contribution in [0.15, 0.2) is 23.0 Å². The van der Waals surface area contributed by atoms with E-state index in [1.807, 2.05) is 19.9 Å². The molecule has 0 fully saturated rings. The third-order valence-corrected chi connectivity index (χ3v) is 3.18. The molecule has 1 rings (SSSR count). The van der Waals surface area contributed by atoms with E-state index < -0.39 is 5.41 Å². The van der Waals surface area contributed by atoms with E-state index in [4.69, 9.17) is 4.42 Å². The highest BCUT2D eigenvalue weighted by Gasteiger charge is 2.37. The lowest BCUT2D eigenvalue weighted by molar-refractivity contribution is -0.138. The van der Waals surface area contributed by atoms with Gasteiger partial charge in [0.2, 0.25) is 5.91 Å². The van der Waals surface area contributed by atoms with Crippen LogP contribution >= 0.6 is 0 Å². The van der Waals surface area contributed by atoms with Crippen LogP contribution in [-0.2, 0) is 11.3 Å². The largest absolute Gasteiger partial charge is 0.472 e. The van der Waals surface area contributed by atoms with Gasteiger partial charge in [-0.1, -0.05) is 13.8 Å². The normalized spacial score (nSPS) is 10.9. The number of carbonyl (C=O) groups is 1. The molecular weight excluding hydrogens is 216 g/mol. The van der Waals surface area contributed by atoms with Crippen LogP contribution in [0.25, 0.3) is 0 Å². The molecule has 1 amide bonds. The molecule has 0 aliphatic rings. The highest BCUT2D eigenvalue weighted by atomic mass is 16.3. The summed E-state index contributed by atoms with van der Waals surface area (Å²) in [6, 6.07) is 3.98. The molecule has 17 heavy (non-hydrogen) atoms. The van der Waals surface area contributed by atoms with Crippen molar-refractivity contribution in [1.82, 2.24) is 4.90 Å². The molecule has 4 nitrogen and oxygen atoms in total. The predicted molar refractivity (Wildman–Crippen MR) is 63.8 cm³/mol. The van der Waals surface area contributed by atoms with E-state index in [1.165, 1.54) is 0 Å². The fourth-order valence-electron chi connectivity index (χ4n) is 1.85. The zero-order valence-corrected chi connectivity index (χ0v) is 10.6. The van der Waals surface area contributed by atoms with Crippen molar-refractivity contribution in [2.75, 3.05) is 7.05 Å². The first kappa shape index (κ1) is 13.3. The van der Waals surface area contributed by atoms with Crippen LogP contribution in [0.2, 0.25) is 0 Å². The third-order valence-electron chi connectivity index (χ3n) is 3.18. The minimum atomic E-state index is -0.890. The van der Waals surface area contributed by atoms with Gasteiger partial charge in [0.25, 0.3) is 0 Å². The average Bonchev–Trinajstić information content (AvgIpc) is 2.84. The summed E-state index contributed by atoms with van der Waals surface area (Å²) >= 11 is 0. The van der Waals surface area contributed by atoms with Crippen LogP contribution in [-0.4, -0.2) is 17.9 Å². The zero-order chi connectivity index (χ0) is 12.9. The monoisotopic (exact) mass is 234 g/mol. The second-order valence-corrected chi connectivity index (χ2v) is 4.19. The average molecular weight is 234 g/mol. The summed E-state index contributed by atoms with van der Waals surface area (Å²) in [4.78, 5) is 13.8. The van der Waals surface area contributed by atoms with Crippen molar-refractivity contribution < 1.29 is 9.21 Å². The van der Waals surface area contributed by atoms with Gasteiger partial charge in [-0.05, 0) is 18.9 Å². The fraction of sp³-hybridized carbons (Fsp3) is 0.538. The molecular formula is C13H18N2O2. The first-order valence-electron chi connectivity index (χ1n) is 5.77. The van der Waals surface area contributed by atoms with Crippen molar-refractivity contribution in [3.63, 3.8) is 0 Å². The molecule has 4 heteroatoms. The van der Waals surface area contributed by atoms with Crippen molar-refractivity contribution in [2.45, 2.75) is 33.2 Å². The molecule has 0 unspecified atom stereocenters. The highest BCUT2D eigenvalue weighted by molar-refractivity contribution is 5.85. The van der Waals surface area contributed by atoms with Gasteiger partial charge in [0.1, 0.15) is 5.41 Å². The lowest BCUT2D eigenvalue weighted by Crippen LogP contribution is -2.40. The number of amides is 1. The Bertz CT molecular complexity index is 400. The topological polar surface area (TPSA) is 57.2 Å². The quantitative estimate of drug-likeness (QED) is 0.786. The smallest absolute Gasteiger partial charge is 0.243 e. The molecule has 0 aromatic carbocycles. The molecule has 1 aromatic rings. The van der Waals surface area contributed by atoms with Gasteiger partial charge in [-0.25, -0.2) is 0 Å². The van der Waals surface area contributed by atoms with Gasteiger partial charge >= 0.3 is 0 Å². The summed E-state index contributed by atoms with van der Waals surface area (Å²) in [5, 5.41) is 9.21. The second-order valence-electron chi connectivity index (χ2n) is 4.19. The number of rotatable bonds is 5. The van der Waals surface area contributed by atoms with Crippen LogP contribution in [0, 0.1) is 16.7 Å². The number of hydrogen-bond acceptors (Lipinski definition) is 3. The molecule has 0 radical (unpaired) electrons. The molecule has 0 aliphatic heterocycles. The highest BCUT2D eigenvalue weighted by Crippen LogP contribution is 2.28. The first-order chi connectivity index (χ1) is 8.09. The Morgan fingerprint density at radius 1 is 1.53 bits per heavy atom. The van der Waals surface area contributed by atoms with Gasteiger partial charge in [0, 0.05) is 19.2 Å². The summed E-state index contributed by atoms with van der Waals surface area (Å²) in [6.07, 6.45) is 4.25. The SMILES string of the molecule is CCC(C#N)(CC)C(=O)N(C)Cc1ccoc1. The van der Waals surface area contributed by atoms with E-state index in [-0.39, 0.29) is 5.91 Å². The Morgan fingerprint density at radius 3 is 2.59 bits per heavy atom. The van der Waals surface area contributed by atoms with E-state index in [2.05, 4.69) is 6.07 Å². The summed E-state index contributed by atoms with van der Waals surface area (Å²) < 4.78 is 4.96. The molecule has 0 saturated carbocycles. The van der Waals surface area contributed by atoms with Gasteiger partial charge in [-0.3, -0.25) is 4.79 Å². The van der Waals surface area contributed by atoms with Crippen LogP contribution in [0.1, 0.15) is 32.3 Å². The first-order valence-corrected chi connectivity index (χ1v) is 5.77. The molecule has 0 atom stereocenters. The van der Waals surface area contributed by atoms with E-state index in [1.54, 1.807) is 24.5 Å². The molecule has 0 spiro atoms. The maximum absolute atomic E-state index is 12.3. The molecule has 0 aliphatic carbocycles. The van der Waals surface area contributed by atoms with Crippen molar-refractivity contribution in [1.29, 1.82) is 5.26 Å². The van der Waals surface area contributed by atoms with Crippen LogP contribution < -0.4 is 0 Å². The van der Waals surface area contributed by atoms with Crippen molar-refractivity contribution in [2.24, 2.45) is 5.41 Å². The van der Waals surface area contributed by atoms with Crippen LogP contribution in [0.3, 0.4) is 0 Å². The fourth-order valence-corrected chi connectivity index (χ4v) is 1.85. The van der Waals surface area contributed by atoms with Gasteiger partial charge in [-0.2, -0.15) is 5.26 Å². The Balaban J connectivity index is 2.78. The molecule has 0 N–H and O–H groups in total. The lowest BCUT2D eigenvalue weighted by Gasteiger charge is -2.28. The van der Waals surface area contributed by atoms with Crippen molar-refractivity contribution >= 4 is 5.91 Å². The minimum Gasteiger partial charge on any atom is -0.472 e.